The average Bonchev–Trinajstić information content (AvgIpc) is 2.36. The molecule has 5 heteroatoms. The number of nitrogens with one attached hydrogen (secondary N) is 1. The maximum Gasteiger partial charge on any atom is 0.240 e. The highest BCUT2D eigenvalue weighted by atomic mass is 16.5. The summed E-state index contributed by atoms with van der Waals surface area (Å²) in [7, 11) is 1.67. The first kappa shape index (κ1) is 14.3. The van der Waals surface area contributed by atoms with Crippen molar-refractivity contribution in [3.8, 4) is 11.5 Å². The van der Waals surface area contributed by atoms with Crippen LogP contribution in [0.5, 0.6) is 11.5 Å². The van der Waals surface area contributed by atoms with Crippen LogP contribution in [0.15, 0.2) is 24.3 Å². The standard InChI is InChI=1S/C13H20N2O3/c1-4-17-10-6-5-7-11(8-10)18-9-13(2,15-3)12(14)16/h5-8,15H,4,9H2,1-3H3,(H2,14,16). The molecule has 100 valence electrons. The maximum atomic E-state index is 11.3. The minimum Gasteiger partial charge on any atom is -0.494 e. The van der Waals surface area contributed by atoms with Gasteiger partial charge in [-0.3, -0.25) is 4.79 Å². The van der Waals surface area contributed by atoms with E-state index in [-0.39, 0.29) is 6.61 Å². The first-order valence-corrected chi connectivity index (χ1v) is 5.86. The Morgan fingerprint density at radius 3 is 2.50 bits per heavy atom. The van der Waals surface area contributed by atoms with Gasteiger partial charge in [0.1, 0.15) is 23.6 Å². The minimum absolute atomic E-state index is 0.161. The zero-order chi connectivity index (χ0) is 13.6. The first-order valence-electron chi connectivity index (χ1n) is 5.86. The number of rotatable bonds is 7. The number of amides is 1. The highest BCUT2D eigenvalue weighted by molar-refractivity contribution is 5.84. The van der Waals surface area contributed by atoms with Gasteiger partial charge in [-0.25, -0.2) is 0 Å². The summed E-state index contributed by atoms with van der Waals surface area (Å²) in [5.41, 5.74) is 4.43. The Hall–Kier alpha value is -1.75. The molecule has 0 aliphatic heterocycles. The van der Waals surface area contributed by atoms with Gasteiger partial charge in [-0.2, -0.15) is 0 Å². The third kappa shape index (κ3) is 3.63. The van der Waals surface area contributed by atoms with E-state index in [0.29, 0.717) is 12.4 Å². The van der Waals surface area contributed by atoms with Crippen molar-refractivity contribution in [3.63, 3.8) is 0 Å². The molecule has 1 rings (SSSR count). The van der Waals surface area contributed by atoms with E-state index < -0.39 is 11.4 Å². The molecule has 0 aromatic heterocycles. The number of hydrogen-bond acceptors (Lipinski definition) is 4. The molecule has 18 heavy (non-hydrogen) atoms. The SMILES string of the molecule is CCOc1cccc(OCC(C)(NC)C(N)=O)c1. The largest absolute Gasteiger partial charge is 0.494 e. The van der Waals surface area contributed by atoms with E-state index >= 15 is 0 Å². The minimum atomic E-state index is -0.887. The summed E-state index contributed by atoms with van der Waals surface area (Å²) >= 11 is 0. The maximum absolute atomic E-state index is 11.3. The van der Waals surface area contributed by atoms with E-state index in [9.17, 15) is 4.79 Å². The van der Waals surface area contributed by atoms with Crippen molar-refractivity contribution < 1.29 is 14.3 Å². The Balaban J connectivity index is 2.68. The van der Waals surface area contributed by atoms with Gasteiger partial charge in [-0.1, -0.05) is 6.07 Å². The number of nitrogens with two attached hydrogens (primary N) is 1. The normalized spacial score (nSPS) is 13.7. The van der Waals surface area contributed by atoms with Crippen LogP contribution in [0.1, 0.15) is 13.8 Å². The molecule has 1 aromatic carbocycles. The van der Waals surface area contributed by atoms with Crippen LogP contribution in [-0.2, 0) is 4.79 Å². The fourth-order valence-corrected chi connectivity index (χ4v) is 1.31. The van der Waals surface area contributed by atoms with Crippen LogP contribution in [0.25, 0.3) is 0 Å². The van der Waals surface area contributed by atoms with Crippen molar-refractivity contribution in [1.82, 2.24) is 5.32 Å². The molecule has 1 atom stereocenters. The van der Waals surface area contributed by atoms with E-state index in [4.69, 9.17) is 15.2 Å². The number of ether oxygens (including phenoxy) is 2. The van der Waals surface area contributed by atoms with Crippen LogP contribution >= 0.6 is 0 Å². The van der Waals surface area contributed by atoms with Gasteiger partial charge in [0.2, 0.25) is 5.91 Å². The number of carbonyl (C=O) groups excluding carboxylic acids is 1. The molecule has 1 unspecified atom stereocenters. The number of primary amides is 1. The fourth-order valence-electron chi connectivity index (χ4n) is 1.31. The van der Waals surface area contributed by atoms with E-state index in [0.717, 1.165) is 5.75 Å². The second-order valence-corrected chi connectivity index (χ2v) is 4.14. The van der Waals surface area contributed by atoms with Crippen LogP contribution in [0.2, 0.25) is 0 Å². The molecule has 0 saturated carbocycles. The van der Waals surface area contributed by atoms with Gasteiger partial charge in [0.25, 0.3) is 0 Å². The zero-order valence-electron chi connectivity index (χ0n) is 11.0. The predicted octanol–water partition coefficient (Wildman–Crippen LogP) is 0.927. The molecule has 0 heterocycles. The van der Waals surface area contributed by atoms with Crippen LogP contribution in [0, 0.1) is 0 Å². The van der Waals surface area contributed by atoms with Gasteiger partial charge in [0.05, 0.1) is 6.61 Å². The van der Waals surface area contributed by atoms with Crippen LogP contribution < -0.4 is 20.5 Å². The molecule has 1 aromatic rings. The number of carbonyl (C=O) groups is 1. The molecule has 3 N–H and O–H groups in total. The summed E-state index contributed by atoms with van der Waals surface area (Å²) in [5, 5.41) is 2.86. The third-order valence-corrected chi connectivity index (χ3v) is 2.74. The van der Waals surface area contributed by atoms with E-state index in [1.54, 1.807) is 26.1 Å². The summed E-state index contributed by atoms with van der Waals surface area (Å²) in [6.07, 6.45) is 0. The van der Waals surface area contributed by atoms with E-state index in [1.807, 2.05) is 19.1 Å². The molecule has 5 nitrogen and oxygen atoms in total. The molecule has 0 aliphatic carbocycles. The van der Waals surface area contributed by atoms with Crippen LogP contribution in [0.4, 0.5) is 0 Å². The number of hydrogen-bond donors (Lipinski definition) is 2. The summed E-state index contributed by atoms with van der Waals surface area (Å²) < 4.78 is 10.9. The van der Waals surface area contributed by atoms with Crippen molar-refractivity contribution in [2.45, 2.75) is 19.4 Å². The van der Waals surface area contributed by atoms with Crippen molar-refractivity contribution in [1.29, 1.82) is 0 Å². The molecule has 0 fully saturated rings. The lowest BCUT2D eigenvalue weighted by atomic mass is 10.0. The van der Waals surface area contributed by atoms with Crippen molar-refractivity contribution in [3.05, 3.63) is 24.3 Å². The predicted molar refractivity (Wildman–Crippen MR) is 69.8 cm³/mol. The summed E-state index contributed by atoms with van der Waals surface area (Å²) in [4.78, 5) is 11.3. The quantitative estimate of drug-likeness (QED) is 0.757. The van der Waals surface area contributed by atoms with Gasteiger partial charge in [-0.15, -0.1) is 0 Å². The average molecular weight is 252 g/mol. The Morgan fingerprint density at radius 2 is 2.00 bits per heavy atom. The Labute approximate surface area is 107 Å². The Bertz CT molecular complexity index is 409. The topological polar surface area (TPSA) is 73.6 Å². The second kappa shape index (κ2) is 6.26. The lowest BCUT2D eigenvalue weighted by Crippen LogP contribution is -2.55. The highest BCUT2D eigenvalue weighted by Crippen LogP contribution is 2.20. The van der Waals surface area contributed by atoms with Gasteiger partial charge < -0.3 is 20.5 Å². The fraction of sp³-hybridized carbons (Fsp3) is 0.462. The highest BCUT2D eigenvalue weighted by Gasteiger charge is 2.30. The van der Waals surface area contributed by atoms with Crippen molar-refractivity contribution >= 4 is 5.91 Å². The van der Waals surface area contributed by atoms with Gasteiger partial charge >= 0.3 is 0 Å². The lowest BCUT2D eigenvalue weighted by Gasteiger charge is -2.25. The van der Waals surface area contributed by atoms with Gasteiger partial charge in [0, 0.05) is 6.07 Å². The molecule has 0 bridgehead atoms. The lowest BCUT2D eigenvalue weighted by molar-refractivity contribution is -0.124. The number of benzene rings is 1. The van der Waals surface area contributed by atoms with E-state index in [1.165, 1.54) is 0 Å². The smallest absolute Gasteiger partial charge is 0.240 e. The zero-order valence-corrected chi connectivity index (χ0v) is 11.0. The first-order chi connectivity index (χ1) is 8.51. The summed E-state index contributed by atoms with van der Waals surface area (Å²) in [5.74, 6) is 0.926. The summed E-state index contributed by atoms with van der Waals surface area (Å²) in [6.45, 7) is 4.37. The molecule has 1 amide bonds. The summed E-state index contributed by atoms with van der Waals surface area (Å²) in [6, 6.07) is 7.27. The molecular weight excluding hydrogens is 232 g/mol. The number of likely N-dealkylation sites (N-methyl/N-ethyl adjacent to an activating group) is 1. The molecule has 0 radical (unpaired) electrons. The molecule has 0 saturated heterocycles. The van der Waals surface area contributed by atoms with Crippen molar-refractivity contribution in [2.24, 2.45) is 5.73 Å². The monoisotopic (exact) mass is 252 g/mol. The van der Waals surface area contributed by atoms with Gasteiger partial charge in [0.15, 0.2) is 0 Å². The molecule has 0 spiro atoms. The molecular formula is C13H20N2O3. The molecule has 0 aliphatic rings. The Kier molecular flexibility index (Phi) is 4.97. The van der Waals surface area contributed by atoms with Crippen LogP contribution in [0.3, 0.4) is 0 Å². The van der Waals surface area contributed by atoms with E-state index in [2.05, 4.69) is 5.32 Å². The Morgan fingerprint density at radius 1 is 1.39 bits per heavy atom. The van der Waals surface area contributed by atoms with Gasteiger partial charge in [-0.05, 0) is 33.0 Å². The second-order valence-electron chi connectivity index (χ2n) is 4.14. The van der Waals surface area contributed by atoms with Crippen LogP contribution in [-0.4, -0.2) is 31.7 Å². The third-order valence-electron chi connectivity index (χ3n) is 2.74. The van der Waals surface area contributed by atoms with Crippen molar-refractivity contribution in [2.75, 3.05) is 20.3 Å².